The van der Waals surface area contributed by atoms with E-state index < -0.39 is 4.92 Å². The summed E-state index contributed by atoms with van der Waals surface area (Å²) in [5, 5.41) is 28.9. The van der Waals surface area contributed by atoms with Crippen LogP contribution in [0.25, 0.3) is 11.1 Å². The van der Waals surface area contributed by atoms with Gasteiger partial charge in [-0.15, -0.1) is 0 Å². The molecule has 1 heterocycles. The van der Waals surface area contributed by atoms with Gasteiger partial charge in [0.1, 0.15) is 0 Å². The van der Waals surface area contributed by atoms with Gasteiger partial charge in [-0.2, -0.15) is 0 Å². The summed E-state index contributed by atoms with van der Waals surface area (Å²) >= 11 is 0. The second-order valence-corrected chi connectivity index (χ2v) is 6.24. The summed E-state index contributed by atoms with van der Waals surface area (Å²) in [5.41, 5.74) is 5.71. The van der Waals surface area contributed by atoms with Crippen molar-refractivity contribution < 1.29 is 15.1 Å². The summed E-state index contributed by atoms with van der Waals surface area (Å²) in [5.74, 6) is -0.0217. The highest BCUT2D eigenvalue weighted by Gasteiger charge is 2.33. The van der Waals surface area contributed by atoms with Crippen LogP contribution in [-0.4, -0.2) is 40.7 Å². The Kier molecular flexibility index (Phi) is 4.15. The zero-order valence-electron chi connectivity index (χ0n) is 13.7. The fourth-order valence-electron chi connectivity index (χ4n) is 3.67. The number of fused-ring (bicyclic) bond motifs is 2. The first kappa shape index (κ1) is 16.3. The van der Waals surface area contributed by atoms with Crippen LogP contribution in [0.15, 0.2) is 30.3 Å². The van der Waals surface area contributed by atoms with Crippen molar-refractivity contribution in [3.63, 3.8) is 0 Å². The van der Waals surface area contributed by atoms with Crippen LogP contribution in [0.1, 0.15) is 22.7 Å². The van der Waals surface area contributed by atoms with Crippen molar-refractivity contribution >= 4 is 0 Å². The molecule has 0 amide bonds. The van der Waals surface area contributed by atoms with Gasteiger partial charge >= 0.3 is 0 Å². The fraction of sp³-hybridized carbons (Fsp3) is 0.333. The molecule has 2 aromatic rings. The van der Waals surface area contributed by atoms with E-state index in [0.29, 0.717) is 6.04 Å². The van der Waals surface area contributed by atoms with Crippen molar-refractivity contribution in [3.05, 3.63) is 57.1 Å². The van der Waals surface area contributed by atoms with E-state index in [1.807, 2.05) is 6.07 Å². The van der Waals surface area contributed by atoms with Gasteiger partial charge in [0.05, 0.1) is 0 Å². The predicted molar refractivity (Wildman–Crippen MR) is 90.9 cm³/mol. The molecule has 0 spiro atoms. The molecule has 126 valence electrons. The summed E-state index contributed by atoms with van der Waals surface area (Å²) in [7, 11) is 3.05. The minimum absolute atomic E-state index is 0.0163. The molecule has 2 aromatic carbocycles. The number of rotatable bonds is 0. The normalized spacial score (nSPS) is 18.0. The van der Waals surface area contributed by atoms with Gasteiger partial charge in [0.15, 0.2) is 18.5 Å². The molecule has 0 unspecified atom stereocenters. The van der Waals surface area contributed by atoms with Crippen molar-refractivity contribution in [2.75, 3.05) is 20.6 Å². The molecule has 0 radical (unpaired) electrons. The summed E-state index contributed by atoms with van der Waals surface area (Å²) in [6.45, 7) is 1.07. The molecule has 1 aliphatic heterocycles. The Morgan fingerprint density at radius 3 is 2.62 bits per heavy atom. The van der Waals surface area contributed by atoms with Gasteiger partial charge in [-0.3, -0.25) is 15.0 Å². The van der Waals surface area contributed by atoms with Crippen molar-refractivity contribution in [1.29, 1.82) is 0 Å². The highest BCUT2D eigenvalue weighted by atomic mass is 16.6. The van der Waals surface area contributed by atoms with Crippen molar-refractivity contribution in [2.45, 2.75) is 18.9 Å². The van der Waals surface area contributed by atoms with Crippen LogP contribution in [0.3, 0.4) is 0 Å². The van der Waals surface area contributed by atoms with E-state index in [1.165, 1.54) is 11.1 Å². The summed E-state index contributed by atoms with van der Waals surface area (Å²) < 4.78 is 0. The highest BCUT2D eigenvalue weighted by Crippen LogP contribution is 2.49. The van der Waals surface area contributed by atoms with Crippen molar-refractivity contribution in [3.8, 4) is 22.6 Å². The minimum Gasteiger partial charge on any atom is -0.504 e. The Morgan fingerprint density at radius 1 is 1.21 bits per heavy atom. The van der Waals surface area contributed by atoms with Crippen LogP contribution in [0.2, 0.25) is 0 Å². The number of nitro groups is 1. The Bertz CT molecular complexity index is 800. The first-order chi connectivity index (χ1) is 11.4. The van der Waals surface area contributed by atoms with E-state index in [-0.39, 0.29) is 11.5 Å². The van der Waals surface area contributed by atoms with Crippen LogP contribution in [0, 0.1) is 10.1 Å². The third-order valence-corrected chi connectivity index (χ3v) is 4.72. The molecule has 0 bridgehead atoms. The fourth-order valence-corrected chi connectivity index (χ4v) is 3.67. The van der Waals surface area contributed by atoms with Crippen molar-refractivity contribution in [1.82, 2.24) is 4.90 Å². The number of phenolic OH excluding ortho intramolecular Hbond substituents is 2. The predicted octanol–water partition coefficient (Wildman–Crippen LogP) is 2.74. The number of phenols is 2. The maximum atomic E-state index is 10.3. The highest BCUT2D eigenvalue weighted by molar-refractivity contribution is 5.82. The molecule has 2 aliphatic rings. The first-order valence-corrected chi connectivity index (χ1v) is 7.84. The summed E-state index contributed by atoms with van der Waals surface area (Å²) in [6, 6.07) is 10.2. The molecule has 1 aliphatic carbocycles. The largest absolute Gasteiger partial charge is 0.504 e. The Balaban J connectivity index is 0.000000383. The van der Waals surface area contributed by atoms with Gasteiger partial charge in [-0.25, -0.2) is 0 Å². The maximum Gasteiger partial charge on any atom is 0.194 e. The third-order valence-electron chi connectivity index (χ3n) is 4.72. The number of hydrogen-bond acceptors (Lipinski definition) is 5. The molecular weight excluding hydrogens is 308 g/mol. The van der Waals surface area contributed by atoms with E-state index in [4.69, 9.17) is 10.1 Å². The van der Waals surface area contributed by atoms with Gasteiger partial charge in [0.25, 0.3) is 0 Å². The standard InChI is InChI=1S/C17H17NO2.CH3NO2/c1-18-8-7-10-3-2-4-12-15(10)13(18)9-11-5-6-14(19)17(20)16(11)12;1-2(3)4/h2-6,13,19-20H,7-9H2,1H3;1H3/t13-;/m1./s1. The first-order valence-electron chi connectivity index (χ1n) is 7.84. The SMILES string of the molecule is CN1CCc2cccc3c2[C@H]1Cc1ccc(O)c(O)c1-3.C[N+](=O)[O-]. The van der Waals surface area contributed by atoms with Crippen LogP contribution in [-0.2, 0) is 12.8 Å². The van der Waals surface area contributed by atoms with Crippen LogP contribution in [0.5, 0.6) is 11.5 Å². The van der Waals surface area contributed by atoms with E-state index in [0.717, 1.165) is 43.1 Å². The quantitative estimate of drug-likeness (QED) is 0.441. The third kappa shape index (κ3) is 2.69. The topological polar surface area (TPSA) is 86.8 Å². The molecule has 0 saturated carbocycles. The number of hydrogen-bond donors (Lipinski definition) is 2. The Hall–Kier alpha value is -2.60. The Morgan fingerprint density at radius 2 is 1.92 bits per heavy atom. The lowest BCUT2D eigenvalue weighted by atomic mass is 9.77. The second-order valence-electron chi connectivity index (χ2n) is 6.24. The van der Waals surface area contributed by atoms with Gasteiger partial charge < -0.3 is 10.2 Å². The molecule has 24 heavy (non-hydrogen) atoms. The minimum atomic E-state index is -0.500. The zero-order chi connectivity index (χ0) is 17.4. The molecule has 6 nitrogen and oxygen atoms in total. The molecule has 0 aromatic heterocycles. The molecule has 1 atom stereocenters. The van der Waals surface area contributed by atoms with E-state index in [9.17, 15) is 10.2 Å². The number of aromatic hydroxyl groups is 2. The molecule has 0 fully saturated rings. The number of benzene rings is 2. The second kappa shape index (κ2) is 6.13. The molecule has 0 saturated heterocycles. The van der Waals surface area contributed by atoms with E-state index in [2.05, 4.69) is 30.1 Å². The lowest BCUT2D eigenvalue weighted by molar-refractivity contribution is -0.445. The summed E-state index contributed by atoms with van der Waals surface area (Å²) in [6.07, 6.45) is 1.94. The monoisotopic (exact) mass is 328 g/mol. The van der Waals surface area contributed by atoms with E-state index in [1.54, 1.807) is 6.07 Å². The van der Waals surface area contributed by atoms with Gasteiger partial charge in [-0.1, -0.05) is 24.3 Å². The maximum absolute atomic E-state index is 10.3. The van der Waals surface area contributed by atoms with Gasteiger partial charge in [0, 0.05) is 23.1 Å². The lowest BCUT2D eigenvalue weighted by Gasteiger charge is -2.39. The lowest BCUT2D eigenvalue weighted by Crippen LogP contribution is -2.35. The molecule has 4 rings (SSSR count). The average Bonchev–Trinajstić information content (AvgIpc) is 2.53. The average molecular weight is 328 g/mol. The van der Waals surface area contributed by atoms with E-state index >= 15 is 0 Å². The Labute approximate surface area is 140 Å². The number of likely N-dealkylation sites (N-methyl/N-ethyl adjacent to an activating group) is 1. The van der Waals surface area contributed by atoms with Gasteiger partial charge in [0.2, 0.25) is 0 Å². The summed E-state index contributed by atoms with van der Waals surface area (Å²) in [4.78, 5) is 10.7. The van der Waals surface area contributed by atoms with Gasteiger partial charge in [-0.05, 0) is 48.2 Å². The van der Waals surface area contributed by atoms with Crippen LogP contribution >= 0.6 is 0 Å². The number of nitrogens with zero attached hydrogens (tertiary/aromatic N) is 2. The smallest absolute Gasteiger partial charge is 0.194 e. The molecule has 2 N–H and O–H groups in total. The van der Waals surface area contributed by atoms with Crippen LogP contribution < -0.4 is 0 Å². The molecular formula is C18H20N2O4. The zero-order valence-corrected chi connectivity index (χ0v) is 13.7. The molecule has 6 heteroatoms. The van der Waals surface area contributed by atoms with Crippen LogP contribution in [0.4, 0.5) is 0 Å². The van der Waals surface area contributed by atoms with Crippen molar-refractivity contribution in [2.24, 2.45) is 0 Å².